The van der Waals surface area contributed by atoms with Crippen LogP contribution >= 0.6 is 23.2 Å². The molecule has 1 unspecified atom stereocenters. The minimum atomic E-state index is -0.00339. The van der Waals surface area contributed by atoms with Crippen LogP contribution in [0, 0.1) is 0 Å². The third kappa shape index (κ3) is 3.68. The molecule has 140 valence electrons. The van der Waals surface area contributed by atoms with Crippen LogP contribution < -0.4 is 5.56 Å². The van der Waals surface area contributed by atoms with Gasteiger partial charge in [-0.3, -0.25) is 14.8 Å². The molecule has 0 fully saturated rings. The summed E-state index contributed by atoms with van der Waals surface area (Å²) in [5.74, 6) is 0.623. The number of halogens is 2. The molecule has 0 aliphatic heterocycles. The monoisotopic (exact) mass is 402 g/mol. The maximum Gasteiger partial charge on any atom is 0.276 e. The van der Waals surface area contributed by atoms with Crippen LogP contribution in [-0.2, 0) is 19.4 Å². The molecule has 0 spiro atoms. The first kappa shape index (κ1) is 18.3. The van der Waals surface area contributed by atoms with Crippen molar-refractivity contribution in [3.8, 4) is 5.82 Å². The fraction of sp³-hybridized carbons (Fsp3) is 0.300. The summed E-state index contributed by atoms with van der Waals surface area (Å²) in [6.07, 6.45) is 4.26. The minimum absolute atomic E-state index is 0.00339. The predicted molar refractivity (Wildman–Crippen MR) is 108 cm³/mol. The molecule has 0 bridgehead atoms. The molecule has 7 heteroatoms. The lowest BCUT2D eigenvalue weighted by Crippen LogP contribution is -2.37. The quantitative estimate of drug-likeness (QED) is 0.720. The number of aromatic nitrogens is 3. The van der Waals surface area contributed by atoms with Crippen molar-refractivity contribution in [2.24, 2.45) is 0 Å². The van der Waals surface area contributed by atoms with E-state index in [0.717, 1.165) is 42.6 Å². The van der Waals surface area contributed by atoms with Crippen molar-refractivity contribution in [2.75, 3.05) is 7.05 Å². The number of aryl methyl sites for hydroxylation is 1. The van der Waals surface area contributed by atoms with Gasteiger partial charge in [0.2, 0.25) is 0 Å². The van der Waals surface area contributed by atoms with Crippen molar-refractivity contribution in [3.63, 3.8) is 0 Å². The second-order valence-electron chi connectivity index (χ2n) is 6.96. The first-order chi connectivity index (χ1) is 13.0. The predicted octanol–water partition coefficient (Wildman–Crippen LogP) is 3.86. The lowest BCUT2D eigenvalue weighted by Gasteiger charge is -2.30. The van der Waals surface area contributed by atoms with E-state index in [1.807, 2.05) is 36.4 Å². The summed E-state index contributed by atoms with van der Waals surface area (Å²) in [5, 5.41) is 4.36. The molecular formula is C20H20Cl2N4O. The van der Waals surface area contributed by atoms with Crippen molar-refractivity contribution in [1.29, 1.82) is 0 Å². The Balaban J connectivity index is 1.53. The maximum atomic E-state index is 12.9. The molecule has 4 rings (SSSR count). The zero-order valence-corrected chi connectivity index (χ0v) is 16.5. The zero-order valence-electron chi connectivity index (χ0n) is 15.0. The van der Waals surface area contributed by atoms with E-state index in [9.17, 15) is 4.79 Å². The average molecular weight is 403 g/mol. The van der Waals surface area contributed by atoms with Crippen LogP contribution in [0.25, 0.3) is 5.82 Å². The zero-order chi connectivity index (χ0) is 19.0. The Morgan fingerprint density at radius 2 is 2.11 bits per heavy atom. The third-order valence-electron chi connectivity index (χ3n) is 5.16. The number of nitrogens with zero attached hydrogens (tertiary/aromatic N) is 3. The number of likely N-dealkylation sites (N-methyl/N-ethyl adjacent to an activating group) is 1. The third-order valence-corrected chi connectivity index (χ3v) is 5.90. The molecule has 1 aromatic carbocycles. The van der Waals surface area contributed by atoms with E-state index in [-0.39, 0.29) is 5.56 Å². The van der Waals surface area contributed by atoms with Gasteiger partial charge in [0.15, 0.2) is 5.82 Å². The first-order valence-corrected chi connectivity index (χ1v) is 9.67. The average Bonchev–Trinajstić information content (AvgIpc) is 3.01. The highest BCUT2D eigenvalue weighted by Crippen LogP contribution is 2.25. The summed E-state index contributed by atoms with van der Waals surface area (Å²) in [6.45, 7) is 0.760. The number of fused-ring (bicyclic) bond motifs is 1. The van der Waals surface area contributed by atoms with Gasteiger partial charge < -0.3 is 0 Å². The SMILES string of the molecule is CN(Cc1ccc(Cl)c(Cl)c1)C1CCc2[nH]n(-c3ccccn3)c(=O)c2C1. The number of nitrogens with one attached hydrogen (secondary N) is 1. The van der Waals surface area contributed by atoms with E-state index in [2.05, 4.69) is 22.0 Å². The topological polar surface area (TPSA) is 53.9 Å². The van der Waals surface area contributed by atoms with E-state index >= 15 is 0 Å². The van der Waals surface area contributed by atoms with Crippen LogP contribution in [0.15, 0.2) is 47.4 Å². The van der Waals surface area contributed by atoms with Gasteiger partial charge in [0, 0.05) is 30.0 Å². The summed E-state index contributed by atoms with van der Waals surface area (Å²) in [6, 6.07) is 11.6. The number of benzene rings is 1. The molecule has 2 aromatic heterocycles. The van der Waals surface area contributed by atoms with Crippen LogP contribution in [0.3, 0.4) is 0 Å². The van der Waals surface area contributed by atoms with Gasteiger partial charge in [-0.15, -0.1) is 0 Å². The van der Waals surface area contributed by atoms with E-state index in [1.54, 1.807) is 10.9 Å². The molecule has 1 aliphatic carbocycles. The minimum Gasteiger partial charge on any atom is -0.299 e. The van der Waals surface area contributed by atoms with E-state index < -0.39 is 0 Å². The highest BCUT2D eigenvalue weighted by molar-refractivity contribution is 6.42. The van der Waals surface area contributed by atoms with Gasteiger partial charge in [-0.1, -0.05) is 35.3 Å². The van der Waals surface area contributed by atoms with Gasteiger partial charge in [0.05, 0.1) is 10.0 Å². The molecular weight excluding hydrogens is 383 g/mol. The molecule has 0 saturated carbocycles. The van der Waals surface area contributed by atoms with E-state index in [0.29, 0.717) is 21.9 Å². The fourth-order valence-electron chi connectivity index (χ4n) is 3.66. The summed E-state index contributed by atoms with van der Waals surface area (Å²) >= 11 is 12.1. The Kier molecular flexibility index (Phi) is 5.08. The Morgan fingerprint density at radius 3 is 2.85 bits per heavy atom. The van der Waals surface area contributed by atoms with Crippen molar-refractivity contribution < 1.29 is 0 Å². The number of hydrogen-bond donors (Lipinski definition) is 1. The second-order valence-corrected chi connectivity index (χ2v) is 7.77. The lowest BCUT2D eigenvalue weighted by molar-refractivity contribution is 0.213. The number of pyridine rings is 1. The van der Waals surface area contributed by atoms with Crippen LogP contribution in [0.2, 0.25) is 10.0 Å². The lowest BCUT2D eigenvalue weighted by atomic mass is 9.92. The van der Waals surface area contributed by atoms with Gasteiger partial charge in [0.25, 0.3) is 5.56 Å². The maximum absolute atomic E-state index is 12.9. The largest absolute Gasteiger partial charge is 0.299 e. The van der Waals surface area contributed by atoms with Crippen molar-refractivity contribution in [3.05, 3.63) is 79.8 Å². The van der Waals surface area contributed by atoms with Gasteiger partial charge in [-0.05, 0) is 56.1 Å². The molecule has 1 aliphatic rings. The molecule has 5 nitrogen and oxygen atoms in total. The van der Waals surface area contributed by atoms with Gasteiger partial charge in [-0.2, -0.15) is 0 Å². The molecule has 3 aromatic rings. The molecule has 27 heavy (non-hydrogen) atoms. The van der Waals surface area contributed by atoms with Crippen molar-refractivity contribution in [1.82, 2.24) is 19.7 Å². The standard InChI is InChI=1S/C20H20Cl2N4O/c1-25(12-13-5-7-16(21)17(22)10-13)14-6-8-18-15(11-14)20(27)26(24-18)19-4-2-3-9-23-19/h2-5,7,9-10,14,24H,6,8,11-12H2,1H3. The Morgan fingerprint density at radius 1 is 1.26 bits per heavy atom. The van der Waals surface area contributed by atoms with Gasteiger partial charge in [0.1, 0.15) is 0 Å². The summed E-state index contributed by atoms with van der Waals surface area (Å²) < 4.78 is 1.55. The summed E-state index contributed by atoms with van der Waals surface area (Å²) in [4.78, 5) is 19.4. The molecule has 0 saturated heterocycles. The van der Waals surface area contributed by atoms with E-state index in [4.69, 9.17) is 23.2 Å². The van der Waals surface area contributed by atoms with Crippen LogP contribution in [0.5, 0.6) is 0 Å². The van der Waals surface area contributed by atoms with Crippen molar-refractivity contribution >= 4 is 23.2 Å². The fourth-order valence-corrected chi connectivity index (χ4v) is 3.98. The van der Waals surface area contributed by atoms with Crippen LogP contribution in [0.1, 0.15) is 23.2 Å². The smallest absolute Gasteiger partial charge is 0.276 e. The first-order valence-electron chi connectivity index (χ1n) is 8.91. The second kappa shape index (κ2) is 7.50. The van der Waals surface area contributed by atoms with Crippen LogP contribution in [-0.4, -0.2) is 32.8 Å². The van der Waals surface area contributed by atoms with E-state index in [1.165, 1.54) is 0 Å². The highest BCUT2D eigenvalue weighted by atomic mass is 35.5. The van der Waals surface area contributed by atoms with Gasteiger partial charge in [-0.25, -0.2) is 9.67 Å². The molecule has 0 radical (unpaired) electrons. The number of hydrogen-bond acceptors (Lipinski definition) is 3. The van der Waals surface area contributed by atoms with Crippen LogP contribution in [0.4, 0.5) is 0 Å². The Hall–Kier alpha value is -2.08. The summed E-state index contributed by atoms with van der Waals surface area (Å²) in [5.41, 5.74) is 2.98. The number of rotatable bonds is 4. The van der Waals surface area contributed by atoms with Crippen molar-refractivity contribution in [2.45, 2.75) is 31.8 Å². The summed E-state index contributed by atoms with van der Waals surface area (Å²) in [7, 11) is 2.09. The Labute approximate surface area is 167 Å². The number of aromatic amines is 1. The molecule has 2 heterocycles. The normalized spacial score (nSPS) is 16.5. The molecule has 1 N–H and O–H groups in total. The molecule has 1 atom stereocenters. The highest BCUT2D eigenvalue weighted by Gasteiger charge is 2.27. The molecule has 0 amide bonds. The number of H-pyrrole nitrogens is 1. The Bertz CT molecular complexity index is 1010. The van der Waals surface area contributed by atoms with Gasteiger partial charge >= 0.3 is 0 Å².